The molecule has 0 aromatic carbocycles. The fourth-order valence-electron chi connectivity index (χ4n) is 6.47. The van der Waals surface area contributed by atoms with Crippen molar-refractivity contribution in [2.24, 2.45) is 29.1 Å². The summed E-state index contributed by atoms with van der Waals surface area (Å²) < 4.78 is 7.83. The molecule has 8 heteroatoms. The molecule has 190 valence electrons. The minimum Gasteiger partial charge on any atom is -0.475 e. The molecule has 0 spiro atoms. The Labute approximate surface area is 204 Å². The van der Waals surface area contributed by atoms with Crippen molar-refractivity contribution >= 4 is 11.8 Å². The van der Waals surface area contributed by atoms with E-state index in [1.54, 1.807) is 10.9 Å². The van der Waals surface area contributed by atoms with Gasteiger partial charge in [0.1, 0.15) is 5.56 Å². The highest BCUT2D eigenvalue weighted by Crippen LogP contribution is 2.53. The minimum atomic E-state index is -0.558. The maximum absolute atomic E-state index is 13.4. The Bertz CT molecular complexity index is 850. The van der Waals surface area contributed by atoms with Gasteiger partial charge >= 0.3 is 0 Å². The average Bonchev–Trinajstić information content (AvgIpc) is 3.16. The number of carbonyl (C=O) groups excluding carboxylic acids is 2. The first-order chi connectivity index (χ1) is 16.2. The molecular weight excluding hydrogens is 430 g/mol. The third-order valence-corrected chi connectivity index (χ3v) is 8.13. The van der Waals surface area contributed by atoms with Gasteiger partial charge in [-0.15, -0.1) is 0 Å². The van der Waals surface area contributed by atoms with Gasteiger partial charge in [0.25, 0.3) is 5.91 Å². The lowest BCUT2D eigenvalue weighted by Gasteiger charge is -2.54. The van der Waals surface area contributed by atoms with Crippen LogP contribution in [-0.4, -0.2) is 53.9 Å². The summed E-state index contributed by atoms with van der Waals surface area (Å²) in [5.41, 5.74) is -0.0591. The Hall–Kier alpha value is -2.09. The molecule has 4 fully saturated rings. The molecule has 0 unspecified atom stereocenters. The second-order valence-corrected chi connectivity index (χ2v) is 11.7. The van der Waals surface area contributed by atoms with Crippen LogP contribution in [0.15, 0.2) is 6.20 Å². The van der Waals surface area contributed by atoms with E-state index in [4.69, 9.17) is 4.74 Å². The van der Waals surface area contributed by atoms with Crippen LogP contribution < -0.4 is 20.7 Å². The van der Waals surface area contributed by atoms with Crippen LogP contribution in [0.1, 0.15) is 76.6 Å². The SMILES string of the molecule is CNCCNC(=O)C(C)(C)CCn1ncc(C(=O)NC2C3CC4CC(C3)CC2C4)c1OC(C)C. The largest absolute Gasteiger partial charge is 0.475 e. The number of nitrogens with zero attached hydrogens (tertiary/aromatic N) is 2. The fourth-order valence-corrected chi connectivity index (χ4v) is 6.47. The van der Waals surface area contributed by atoms with Crippen LogP contribution in [0, 0.1) is 29.1 Å². The van der Waals surface area contributed by atoms with Gasteiger partial charge in [-0.3, -0.25) is 9.59 Å². The van der Waals surface area contributed by atoms with Crippen molar-refractivity contribution in [1.82, 2.24) is 25.7 Å². The van der Waals surface area contributed by atoms with Gasteiger partial charge in [-0.2, -0.15) is 5.10 Å². The van der Waals surface area contributed by atoms with Crippen LogP contribution in [0.25, 0.3) is 0 Å². The van der Waals surface area contributed by atoms with Crippen molar-refractivity contribution in [2.45, 2.75) is 84.9 Å². The standard InChI is InChI=1S/C26H43N5O3/c1-16(2)34-24-21(15-29-31(24)9-6-26(3,4)25(33)28-8-7-27-5)23(32)30-22-19-11-17-10-18(13-19)14-20(22)12-17/h15-20,22,27H,6-14H2,1-5H3,(H,28,33)(H,30,32). The van der Waals surface area contributed by atoms with Crippen molar-refractivity contribution in [3.8, 4) is 5.88 Å². The van der Waals surface area contributed by atoms with Crippen molar-refractivity contribution in [1.29, 1.82) is 0 Å². The summed E-state index contributed by atoms with van der Waals surface area (Å²) in [6, 6.07) is 0.274. The molecule has 1 aromatic heterocycles. The van der Waals surface area contributed by atoms with E-state index >= 15 is 0 Å². The van der Waals surface area contributed by atoms with Gasteiger partial charge < -0.3 is 20.7 Å². The summed E-state index contributed by atoms with van der Waals surface area (Å²) in [7, 11) is 1.86. The third-order valence-electron chi connectivity index (χ3n) is 8.13. The first kappa shape index (κ1) is 25.0. The summed E-state index contributed by atoms with van der Waals surface area (Å²) >= 11 is 0. The zero-order valence-corrected chi connectivity index (χ0v) is 21.5. The highest BCUT2D eigenvalue weighted by molar-refractivity contribution is 5.96. The average molecular weight is 474 g/mol. The Kier molecular flexibility index (Phi) is 7.55. The molecule has 4 bridgehead atoms. The summed E-state index contributed by atoms with van der Waals surface area (Å²) in [6.45, 7) is 9.61. The lowest BCUT2D eigenvalue weighted by atomic mass is 9.54. The van der Waals surface area contributed by atoms with E-state index in [2.05, 4.69) is 21.0 Å². The molecule has 8 nitrogen and oxygen atoms in total. The number of carbonyl (C=O) groups is 2. The predicted molar refractivity (Wildman–Crippen MR) is 132 cm³/mol. The molecule has 4 saturated carbocycles. The lowest BCUT2D eigenvalue weighted by molar-refractivity contribution is -0.129. The Morgan fingerprint density at radius 2 is 1.76 bits per heavy atom. The van der Waals surface area contributed by atoms with E-state index in [1.807, 2.05) is 34.7 Å². The van der Waals surface area contributed by atoms with Gasteiger partial charge in [-0.25, -0.2) is 4.68 Å². The molecule has 5 rings (SSSR count). The molecule has 4 aliphatic rings. The van der Waals surface area contributed by atoms with Crippen molar-refractivity contribution < 1.29 is 14.3 Å². The number of ether oxygens (including phenoxy) is 1. The number of likely N-dealkylation sites (N-methyl/N-ethyl adjacent to an activating group) is 1. The number of aryl methyl sites for hydroxylation is 1. The van der Waals surface area contributed by atoms with Gasteiger partial charge in [-0.1, -0.05) is 13.8 Å². The molecule has 0 aliphatic heterocycles. The fraction of sp³-hybridized carbons (Fsp3) is 0.808. The quantitative estimate of drug-likeness (QED) is 0.429. The molecule has 1 heterocycles. The minimum absolute atomic E-state index is 0.0149. The summed E-state index contributed by atoms with van der Waals surface area (Å²) in [5.74, 6) is 3.42. The van der Waals surface area contributed by atoms with Crippen LogP contribution >= 0.6 is 0 Å². The van der Waals surface area contributed by atoms with E-state index < -0.39 is 5.41 Å². The smallest absolute Gasteiger partial charge is 0.258 e. The number of aromatic nitrogens is 2. The lowest BCUT2D eigenvalue weighted by Crippen LogP contribution is -2.55. The van der Waals surface area contributed by atoms with E-state index in [1.165, 1.54) is 32.1 Å². The number of nitrogens with one attached hydrogen (secondary N) is 3. The number of amides is 2. The topological polar surface area (TPSA) is 97.3 Å². The van der Waals surface area contributed by atoms with Crippen LogP contribution in [0.5, 0.6) is 5.88 Å². The number of hydrogen-bond donors (Lipinski definition) is 3. The highest BCUT2D eigenvalue weighted by atomic mass is 16.5. The Morgan fingerprint density at radius 3 is 2.35 bits per heavy atom. The molecule has 2 amide bonds. The first-order valence-electron chi connectivity index (χ1n) is 13.1. The highest BCUT2D eigenvalue weighted by Gasteiger charge is 2.48. The summed E-state index contributed by atoms with van der Waals surface area (Å²) in [6.07, 6.45) is 8.58. The molecule has 1 aromatic rings. The van der Waals surface area contributed by atoms with E-state index in [0.717, 1.165) is 18.4 Å². The molecule has 3 N–H and O–H groups in total. The second kappa shape index (κ2) is 10.3. The second-order valence-electron chi connectivity index (χ2n) is 11.7. The Morgan fingerprint density at radius 1 is 1.12 bits per heavy atom. The van der Waals surface area contributed by atoms with E-state index in [9.17, 15) is 9.59 Å². The van der Waals surface area contributed by atoms with Crippen molar-refractivity contribution in [3.05, 3.63) is 11.8 Å². The molecule has 0 saturated heterocycles. The summed E-state index contributed by atoms with van der Waals surface area (Å²) in [4.78, 5) is 26.0. The summed E-state index contributed by atoms with van der Waals surface area (Å²) in [5, 5.41) is 13.9. The monoisotopic (exact) mass is 473 g/mol. The van der Waals surface area contributed by atoms with Crippen LogP contribution in [0.3, 0.4) is 0 Å². The predicted octanol–water partition coefficient (Wildman–Crippen LogP) is 2.98. The van der Waals surface area contributed by atoms with Crippen LogP contribution in [-0.2, 0) is 11.3 Å². The van der Waals surface area contributed by atoms with Gasteiger partial charge in [0, 0.05) is 31.1 Å². The molecule has 0 atom stereocenters. The molecular formula is C26H43N5O3. The zero-order valence-electron chi connectivity index (χ0n) is 21.5. The third kappa shape index (κ3) is 5.42. The van der Waals surface area contributed by atoms with Gasteiger partial charge in [-0.05, 0) is 83.1 Å². The van der Waals surface area contributed by atoms with Gasteiger partial charge in [0.05, 0.1) is 12.3 Å². The van der Waals surface area contributed by atoms with Crippen molar-refractivity contribution in [2.75, 3.05) is 20.1 Å². The Balaban J connectivity index is 1.43. The van der Waals surface area contributed by atoms with E-state index in [0.29, 0.717) is 42.8 Å². The van der Waals surface area contributed by atoms with Gasteiger partial charge in [0.2, 0.25) is 11.8 Å². The molecule has 4 aliphatic carbocycles. The zero-order chi connectivity index (χ0) is 24.5. The maximum Gasteiger partial charge on any atom is 0.258 e. The number of rotatable bonds is 11. The maximum atomic E-state index is 13.4. The van der Waals surface area contributed by atoms with E-state index in [-0.39, 0.29) is 24.0 Å². The molecule has 34 heavy (non-hydrogen) atoms. The van der Waals surface area contributed by atoms with Gasteiger partial charge in [0.15, 0.2) is 0 Å². The normalized spacial score (nSPS) is 27.8. The van der Waals surface area contributed by atoms with Crippen molar-refractivity contribution in [3.63, 3.8) is 0 Å². The molecule has 0 radical (unpaired) electrons. The number of hydrogen-bond acceptors (Lipinski definition) is 5. The first-order valence-corrected chi connectivity index (χ1v) is 13.1. The van der Waals surface area contributed by atoms with Crippen LogP contribution in [0.4, 0.5) is 0 Å². The van der Waals surface area contributed by atoms with Crippen LogP contribution in [0.2, 0.25) is 0 Å².